The van der Waals surface area contributed by atoms with E-state index in [0.717, 1.165) is 27.7 Å². The molecule has 5 aromatic rings. The number of anilines is 1. The topological polar surface area (TPSA) is 69.4 Å². The Balaban J connectivity index is 1.81. The molecule has 0 aliphatic carbocycles. The van der Waals surface area contributed by atoms with Gasteiger partial charge in [-0.05, 0) is 61.4 Å². The normalized spacial score (nSPS) is 11.3. The molecule has 2 aromatic heterocycles. The van der Waals surface area contributed by atoms with Crippen LogP contribution in [0.15, 0.2) is 65.5 Å². The fourth-order valence-corrected chi connectivity index (χ4v) is 4.75. The van der Waals surface area contributed by atoms with Crippen LogP contribution in [-0.4, -0.2) is 34.4 Å². The van der Waals surface area contributed by atoms with Gasteiger partial charge in [0.2, 0.25) is 0 Å². The zero-order valence-electron chi connectivity index (χ0n) is 20.7. The minimum absolute atomic E-state index is 0.175. The molecule has 182 valence electrons. The van der Waals surface area contributed by atoms with E-state index < -0.39 is 0 Å². The van der Waals surface area contributed by atoms with Gasteiger partial charge in [-0.2, -0.15) is 9.78 Å². The third kappa shape index (κ3) is 3.63. The summed E-state index contributed by atoms with van der Waals surface area (Å²) in [6.07, 6.45) is 0. The molecule has 0 fully saturated rings. The van der Waals surface area contributed by atoms with Gasteiger partial charge in [0.25, 0.3) is 11.5 Å². The Morgan fingerprint density at radius 2 is 1.78 bits per heavy atom. The number of hydrogen-bond donors (Lipinski definition) is 0. The summed E-state index contributed by atoms with van der Waals surface area (Å²) in [6.45, 7) is 4.03. The van der Waals surface area contributed by atoms with Crippen LogP contribution in [0, 0.1) is 13.8 Å². The van der Waals surface area contributed by atoms with Crippen LogP contribution in [0.25, 0.3) is 27.5 Å². The third-order valence-electron chi connectivity index (χ3n) is 6.70. The molecule has 0 spiro atoms. The molecule has 0 saturated heterocycles. The molecule has 0 N–H and O–H groups in total. The number of benzene rings is 3. The first-order valence-corrected chi connectivity index (χ1v) is 11.8. The monoisotopic (exact) mass is 500 g/mol. The summed E-state index contributed by atoms with van der Waals surface area (Å²) in [6, 6.07) is 18.4. The first kappa shape index (κ1) is 23.6. The molecular weight excluding hydrogens is 476 g/mol. The molecule has 36 heavy (non-hydrogen) atoms. The number of hydrogen-bond acceptors (Lipinski definition) is 4. The van der Waals surface area contributed by atoms with Gasteiger partial charge in [-0.1, -0.05) is 35.9 Å². The van der Waals surface area contributed by atoms with Crippen LogP contribution in [0.4, 0.5) is 5.69 Å². The number of carbonyl (C=O) groups is 1. The number of fused-ring (bicyclic) bond motifs is 3. The largest absolute Gasteiger partial charge is 0.495 e. The predicted octanol–water partition coefficient (Wildman–Crippen LogP) is 5.43. The number of aromatic nitrogens is 3. The van der Waals surface area contributed by atoms with Gasteiger partial charge in [0.15, 0.2) is 5.69 Å². The van der Waals surface area contributed by atoms with Crippen LogP contribution >= 0.6 is 11.6 Å². The van der Waals surface area contributed by atoms with E-state index >= 15 is 0 Å². The Bertz CT molecular complexity index is 1740. The SMILES string of the molecule is COc1ccc(-n2nc(C(=O)N(C)c3ccc(C)c(C)c3)c3c4ccccc4n(C)c3c2=O)cc1Cl. The Hall–Kier alpha value is -4.10. The molecule has 7 nitrogen and oxygen atoms in total. The molecule has 0 saturated carbocycles. The molecule has 8 heteroatoms. The maximum atomic E-state index is 14.0. The fourth-order valence-electron chi connectivity index (χ4n) is 4.50. The van der Waals surface area contributed by atoms with Crippen molar-refractivity contribution >= 4 is 45.0 Å². The lowest BCUT2D eigenvalue weighted by atomic mass is 10.1. The van der Waals surface area contributed by atoms with Crippen LogP contribution in [-0.2, 0) is 7.05 Å². The quantitative estimate of drug-likeness (QED) is 0.330. The van der Waals surface area contributed by atoms with Crippen LogP contribution in [0.1, 0.15) is 21.6 Å². The second kappa shape index (κ2) is 8.84. The average molecular weight is 501 g/mol. The van der Waals surface area contributed by atoms with E-state index in [1.165, 1.54) is 11.8 Å². The molecule has 0 aliphatic rings. The molecule has 1 amide bonds. The lowest BCUT2D eigenvalue weighted by Crippen LogP contribution is -2.32. The third-order valence-corrected chi connectivity index (χ3v) is 7.00. The van der Waals surface area contributed by atoms with Crippen molar-refractivity contribution in [3.8, 4) is 11.4 Å². The highest BCUT2D eigenvalue weighted by Gasteiger charge is 2.26. The Morgan fingerprint density at radius 1 is 1.03 bits per heavy atom. The summed E-state index contributed by atoms with van der Waals surface area (Å²) in [7, 11) is 5.05. The van der Waals surface area contributed by atoms with Crippen molar-refractivity contribution in [3.63, 3.8) is 0 Å². The minimum Gasteiger partial charge on any atom is -0.495 e. The minimum atomic E-state index is -0.352. The summed E-state index contributed by atoms with van der Waals surface area (Å²) in [5.41, 5.74) is 4.43. The molecule has 0 bridgehead atoms. The highest BCUT2D eigenvalue weighted by molar-refractivity contribution is 6.32. The van der Waals surface area contributed by atoms with Crippen molar-refractivity contribution in [1.29, 1.82) is 0 Å². The van der Waals surface area contributed by atoms with Crippen molar-refractivity contribution in [1.82, 2.24) is 14.3 Å². The predicted molar refractivity (Wildman–Crippen MR) is 144 cm³/mol. The molecule has 3 aromatic carbocycles. The lowest BCUT2D eigenvalue weighted by molar-refractivity contribution is 0.0988. The lowest BCUT2D eigenvalue weighted by Gasteiger charge is -2.19. The summed E-state index contributed by atoms with van der Waals surface area (Å²) in [5, 5.41) is 6.26. The van der Waals surface area contributed by atoms with Gasteiger partial charge < -0.3 is 14.2 Å². The van der Waals surface area contributed by atoms with Crippen molar-refractivity contribution in [2.24, 2.45) is 7.05 Å². The summed E-state index contributed by atoms with van der Waals surface area (Å²) in [4.78, 5) is 29.3. The number of para-hydroxylation sites is 1. The first-order chi connectivity index (χ1) is 17.2. The van der Waals surface area contributed by atoms with Crippen LogP contribution < -0.4 is 15.2 Å². The van der Waals surface area contributed by atoms with Gasteiger partial charge in [0.1, 0.15) is 11.3 Å². The maximum Gasteiger partial charge on any atom is 0.296 e. The summed E-state index contributed by atoms with van der Waals surface area (Å²) < 4.78 is 8.29. The molecular formula is C28H25ClN4O3. The standard InChI is InChI=1S/C28H25ClN4O3/c1-16-10-11-18(14-17(16)2)31(3)27(34)25-24-20-8-6-7-9-22(20)32(4)26(24)28(35)33(30-25)19-12-13-23(36-5)21(29)15-19/h6-15H,1-5H3. The molecule has 0 unspecified atom stereocenters. The van der Waals surface area contributed by atoms with Crippen molar-refractivity contribution in [2.75, 3.05) is 19.1 Å². The Kier molecular flexibility index (Phi) is 5.80. The highest BCUT2D eigenvalue weighted by Crippen LogP contribution is 2.31. The second-order valence-corrected chi connectivity index (χ2v) is 9.22. The zero-order chi connectivity index (χ0) is 25.7. The van der Waals surface area contributed by atoms with Crippen LogP contribution in [0.2, 0.25) is 5.02 Å². The van der Waals surface area contributed by atoms with E-state index in [1.54, 1.807) is 30.1 Å². The van der Waals surface area contributed by atoms with Crippen molar-refractivity contribution in [3.05, 3.63) is 92.9 Å². The number of carbonyl (C=O) groups excluding carboxylic acids is 1. The van der Waals surface area contributed by atoms with E-state index in [1.807, 2.05) is 67.9 Å². The van der Waals surface area contributed by atoms with E-state index in [-0.39, 0.29) is 17.2 Å². The van der Waals surface area contributed by atoms with Gasteiger partial charge in [-0.15, -0.1) is 0 Å². The number of halogens is 1. The van der Waals surface area contributed by atoms with E-state index in [4.69, 9.17) is 16.3 Å². The second-order valence-electron chi connectivity index (χ2n) is 8.82. The van der Waals surface area contributed by atoms with Gasteiger partial charge >= 0.3 is 0 Å². The van der Waals surface area contributed by atoms with E-state index in [2.05, 4.69) is 5.10 Å². The van der Waals surface area contributed by atoms with Crippen LogP contribution in [0.3, 0.4) is 0 Å². The molecule has 0 aliphatic heterocycles. The van der Waals surface area contributed by atoms with Crippen molar-refractivity contribution in [2.45, 2.75) is 13.8 Å². The molecule has 5 rings (SSSR count). The smallest absolute Gasteiger partial charge is 0.296 e. The molecule has 2 heterocycles. The van der Waals surface area contributed by atoms with Gasteiger partial charge in [-0.25, -0.2) is 0 Å². The number of amides is 1. The summed E-state index contributed by atoms with van der Waals surface area (Å²) >= 11 is 6.36. The fraction of sp³-hybridized carbons (Fsp3) is 0.179. The van der Waals surface area contributed by atoms with Crippen LogP contribution in [0.5, 0.6) is 5.75 Å². The number of rotatable bonds is 4. The molecule has 0 radical (unpaired) electrons. The van der Waals surface area contributed by atoms with E-state index in [9.17, 15) is 9.59 Å². The highest BCUT2D eigenvalue weighted by atomic mass is 35.5. The number of aryl methyl sites for hydroxylation is 3. The first-order valence-electron chi connectivity index (χ1n) is 11.4. The van der Waals surface area contributed by atoms with Gasteiger partial charge in [0, 0.05) is 36.1 Å². The van der Waals surface area contributed by atoms with E-state index in [0.29, 0.717) is 27.4 Å². The van der Waals surface area contributed by atoms with Gasteiger partial charge in [-0.3, -0.25) is 9.59 Å². The maximum absolute atomic E-state index is 14.0. The zero-order valence-corrected chi connectivity index (χ0v) is 21.4. The number of nitrogens with zero attached hydrogens (tertiary/aromatic N) is 4. The molecule has 0 atom stereocenters. The van der Waals surface area contributed by atoms with Crippen molar-refractivity contribution < 1.29 is 9.53 Å². The Morgan fingerprint density at radius 3 is 2.47 bits per heavy atom. The number of ether oxygens (including phenoxy) is 1. The van der Waals surface area contributed by atoms with Gasteiger partial charge in [0.05, 0.1) is 17.8 Å². The average Bonchev–Trinajstić information content (AvgIpc) is 3.18. The number of methoxy groups -OCH3 is 1. The summed E-state index contributed by atoms with van der Waals surface area (Å²) in [5.74, 6) is 0.151. The Labute approximate surface area is 213 Å².